The maximum atomic E-state index is 12.7. The number of hydrogen-bond acceptors (Lipinski definition) is 4. The summed E-state index contributed by atoms with van der Waals surface area (Å²) in [6.45, 7) is 6.02. The molecule has 3 rings (SSSR count). The predicted octanol–water partition coefficient (Wildman–Crippen LogP) is 4.25. The van der Waals surface area contributed by atoms with Gasteiger partial charge in [0.15, 0.2) is 5.65 Å². The summed E-state index contributed by atoms with van der Waals surface area (Å²) in [6.07, 6.45) is 5.35. The molecule has 3 aromatic rings. The molecule has 1 radical (unpaired) electrons. The van der Waals surface area contributed by atoms with Crippen LogP contribution in [0.2, 0.25) is 0 Å². The summed E-state index contributed by atoms with van der Waals surface area (Å²) in [7, 11) is 0. The Morgan fingerprint density at radius 3 is 2.56 bits per heavy atom. The Morgan fingerprint density at radius 1 is 1.32 bits per heavy atom. The Kier molecular flexibility index (Phi) is 9.88. The van der Waals surface area contributed by atoms with Crippen molar-refractivity contribution in [2.45, 2.75) is 27.3 Å². The van der Waals surface area contributed by atoms with Crippen LogP contribution in [0.3, 0.4) is 0 Å². The molecule has 0 fully saturated rings. The molecule has 0 saturated carbocycles. The van der Waals surface area contributed by atoms with E-state index in [-0.39, 0.29) is 63.6 Å². The maximum Gasteiger partial charge on any atom is 0.264 e. The standard InChI is InChI=1S/C16H12N2O2S.C2H6.CH3.Y/c1-3-8-18-15-14(21-9-17-15)13(19)12(16(18)20)11-7-5-4-6-10(11)2;1-2;;/h1,4-7,9,19H,8H2,2H3;1-2H3;1H3;/q;;-1;. The van der Waals surface area contributed by atoms with Crippen molar-refractivity contribution in [3.05, 3.63) is 53.1 Å². The molecule has 0 atom stereocenters. The van der Waals surface area contributed by atoms with Crippen LogP contribution in [-0.4, -0.2) is 14.7 Å². The predicted molar refractivity (Wildman–Crippen MR) is 102 cm³/mol. The van der Waals surface area contributed by atoms with Crippen molar-refractivity contribution >= 4 is 21.7 Å². The molecular formula is C19H21N2O2SY-. The van der Waals surface area contributed by atoms with Crippen molar-refractivity contribution in [3.63, 3.8) is 0 Å². The van der Waals surface area contributed by atoms with Gasteiger partial charge in [-0.3, -0.25) is 9.36 Å². The van der Waals surface area contributed by atoms with Gasteiger partial charge in [-0.1, -0.05) is 44.0 Å². The number of pyridine rings is 1. The topological polar surface area (TPSA) is 55.1 Å². The van der Waals surface area contributed by atoms with Gasteiger partial charge in [-0.2, -0.15) is 0 Å². The van der Waals surface area contributed by atoms with Crippen LogP contribution in [0.25, 0.3) is 21.5 Å². The zero-order valence-electron chi connectivity index (χ0n) is 14.9. The van der Waals surface area contributed by atoms with Crippen LogP contribution < -0.4 is 5.56 Å². The molecule has 0 amide bonds. The largest absolute Gasteiger partial charge is 0.505 e. The molecule has 0 saturated heterocycles. The zero-order chi connectivity index (χ0) is 17.0. The van der Waals surface area contributed by atoms with Crippen molar-refractivity contribution in [2.75, 3.05) is 0 Å². The third kappa shape index (κ3) is 4.38. The maximum absolute atomic E-state index is 12.7. The van der Waals surface area contributed by atoms with Crippen molar-refractivity contribution < 1.29 is 37.8 Å². The van der Waals surface area contributed by atoms with Gasteiger partial charge in [0.25, 0.3) is 5.56 Å². The van der Waals surface area contributed by atoms with Gasteiger partial charge in [0.1, 0.15) is 10.4 Å². The number of nitrogens with zero attached hydrogens (tertiary/aromatic N) is 2. The molecule has 0 aliphatic rings. The second-order valence-corrected chi connectivity index (χ2v) is 5.49. The summed E-state index contributed by atoms with van der Waals surface area (Å²) in [5.74, 6) is 2.44. The average Bonchev–Trinajstić information content (AvgIpc) is 3.05. The van der Waals surface area contributed by atoms with Gasteiger partial charge in [0.05, 0.1) is 17.6 Å². The smallest absolute Gasteiger partial charge is 0.264 e. The molecular weight excluding hydrogens is 409 g/mol. The van der Waals surface area contributed by atoms with E-state index in [9.17, 15) is 9.90 Å². The minimum atomic E-state index is -0.321. The molecule has 1 aromatic carbocycles. The van der Waals surface area contributed by atoms with Crippen molar-refractivity contribution in [1.82, 2.24) is 9.55 Å². The Labute approximate surface area is 177 Å². The molecule has 0 aliphatic carbocycles. The summed E-state index contributed by atoms with van der Waals surface area (Å²) < 4.78 is 2.00. The minimum absolute atomic E-state index is 0. The third-order valence-electron chi connectivity index (χ3n) is 3.38. The Hall–Kier alpha value is -1.48. The fourth-order valence-corrected chi connectivity index (χ4v) is 3.11. The van der Waals surface area contributed by atoms with Crippen LogP contribution in [0, 0.1) is 26.7 Å². The fraction of sp³-hybridized carbons (Fsp3) is 0.211. The summed E-state index contributed by atoms with van der Waals surface area (Å²) in [4.78, 5) is 16.9. The Balaban J connectivity index is 0.00000139. The number of thiazole rings is 1. The first-order chi connectivity index (χ1) is 11.1. The molecule has 0 spiro atoms. The monoisotopic (exact) mass is 430 g/mol. The minimum Gasteiger partial charge on any atom is -0.505 e. The second kappa shape index (κ2) is 10.5. The molecule has 0 bridgehead atoms. The summed E-state index contributed by atoms with van der Waals surface area (Å²) in [6, 6.07) is 7.44. The molecule has 129 valence electrons. The quantitative estimate of drug-likeness (QED) is 0.489. The van der Waals surface area contributed by atoms with Gasteiger partial charge in [-0.25, -0.2) is 4.98 Å². The summed E-state index contributed by atoms with van der Waals surface area (Å²) >= 11 is 1.29. The number of aryl methyl sites for hydroxylation is 1. The van der Waals surface area contributed by atoms with E-state index in [0.717, 1.165) is 5.56 Å². The summed E-state index contributed by atoms with van der Waals surface area (Å²) in [5, 5.41) is 10.5. The number of terminal acetylenes is 1. The van der Waals surface area contributed by atoms with Crippen LogP contribution in [0.1, 0.15) is 19.4 Å². The van der Waals surface area contributed by atoms with Gasteiger partial charge in [-0.15, -0.1) is 17.8 Å². The zero-order valence-corrected chi connectivity index (χ0v) is 18.6. The molecule has 2 heterocycles. The first kappa shape index (κ1) is 23.5. The Morgan fingerprint density at radius 2 is 1.96 bits per heavy atom. The first-order valence-corrected chi connectivity index (χ1v) is 8.21. The molecule has 0 aliphatic heterocycles. The molecule has 25 heavy (non-hydrogen) atoms. The third-order valence-corrected chi connectivity index (χ3v) is 4.20. The van der Waals surface area contributed by atoms with E-state index >= 15 is 0 Å². The second-order valence-electron chi connectivity index (χ2n) is 4.64. The molecule has 0 unspecified atom stereocenters. The van der Waals surface area contributed by atoms with Gasteiger partial charge in [0, 0.05) is 32.7 Å². The average molecular weight is 430 g/mol. The first-order valence-electron chi connectivity index (χ1n) is 7.33. The Bertz CT molecular complexity index is 939. The molecule has 4 nitrogen and oxygen atoms in total. The van der Waals surface area contributed by atoms with Gasteiger partial charge in [0.2, 0.25) is 0 Å². The SMILES string of the molecule is C#CCn1c(=O)c(-c2ccccc2C)c(O)c2scnc21.CC.[CH3-].[Y]. The van der Waals surface area contributed by atoms with Crippen LogP contribution >= 0.6 is 11.3 Å². The molecule has 6 heteroatoms. The van der Waals surface area contributed by atoms with Crippen LogP contribution in [-0.2, 0) is 39.3 Å². The van der Waals surface area contributed by atoms with Crippen LogP contribution in [0.5, 0.6) is 5.75 Å². The number of fused-ring (bicyclic) bond motifs is 1. The molecule has 2 aromatic heterocycles. The van der Waals surface area contributed by atoms with Crippen LogP contribution in [0.15, 0.2) is 34.6 Å². The number of benzene rings is 1. The normalized spacial score (nSPS) is 9.20. The van der Waals surface area contributed by atoms with E-state index in [4.69, 9.17) is 6.42 Å². The van der Waals surface area contributed by atoms with Crippen LogP contribution in [0.4, 0.5) is 0 Å². The van der Waals surface area contributed by atoms with E-state index in [0.29, 0.717) is 15.9 Å². The van der Waals surface area contributed by atoms with E-state index in [1.807, 2.05) is 45.0 Å². The van der Waals surface area contributed by atoms with Gasteiger partial charge < -0.3 is 12.5 Å². The summed E-state index contributed by atoms with van der Waals surface area (Å²) in [5.41, 5.74) is 3.61. The fourth-order valence-electron chi connectivity index (χ4n) is 2.37. The number of hydrogen-bond donors (Lipinski definition) is 1. The number of aromatic nitrogens is 2. The van der Waals surface area contributed by atoms with E-state index in [1.54, 1.807) is 5.51 Å². The van der Waals surface area contributed by atoms with E-state index < -0.39 is 0 Å². The number of rotatable bonds is 2. The van der Waals surface area contributed by atoms with E-state index in [2.05, 4.69) is 10.9 Å². The van der Waals surface area contributed by atoms with Gasteiger partial charge >= 0.3 is 0 Å². The molecule has 1 N–H and O–H groups in total. The van der Waals surface area contributed by atoms with Crippen molar-refractivity contribution in [1.29, 1.82) is 0 Å². The van der Waals surface area contributed by atoms with Gasteiger partial charge in [-0.05, 0) is 18.1 Å². The van der Waals surface area contributed by atoms with Crippen molar-refractivity contribution in [2.24, 2.45) is 0 Å². The van der Waals surface area contributed by atoms with Crippen molar-refractivity contribution in [3.8, 4) is 29.2 Å². The number of aromatic hydroxyl groups is 1. The van der Waals surface area contributed by atoms with E-state index in [1.165, 1.54) is 15.9 Å².